The Morgan fingerprint density at radius 1 is 1.05 bits per heavy atom. The third-order valence-electron chi connectivity index (χ3n) is 3.27. The van der Waals surface area contributed by atoms with Crippen LogP contribution in [0.15, 0.2) is 36.4 Å². The van der Waals surface area contributed by atoms with E-state index in [1.54, 1.807) is 12.1 Å². The van der Waals surface area contributed by atoms with Gasteiger partial charge < -0.3 is 9.47 Å². The van der Waals surface area contributed by atoms with Crippen LogP contribution >= 0.6 is 11.6 Å². The molecule has 0 amide bonds. The van der Waals surface area contributed by atoms with Crippen molar-refractivity contribution in [3.63, 3.8) is 0 Å². The van der Waals surface area contributed by atoms with Crippen LogP contribution in [-0.4, -0.2) is 20.0 Å². The summed E-state index contributed by atoms with van der Waals surface area (Å²) in [7, 11) is 3.01. The zero-order chi connectivity index (χ0) is 15.4. The third-order valence-corrected chi connectivity index (χ3v) is 3.63. The van der Waals surface area contributed by atoms with Crippen molar-refractivity contribution in [3.8, 4) is 11.5 Å². The normalized spacial score (nSPS) is 10.3. The molecule has 0 N–H and O–H groups in total. The zero-order valence-corrected chi connectivity index (χ0v) is 13.0. The van der Waals surface area contributed by atoms with Crippen LogP contribution in [0.2, 0.25) is 5.02 Å². The van der Waals surface area contributed by atoms with Crippen LogP contribution < -0.4 is 9.47 Å². The average molecular weight is 305 g/mol. The van der Waals surface area contributed by atoms with Gasteiger partial charge in [-0.3, -0.25) is 4.79 Å². The molecule has 2 aromatic rings. The molecule has 110 valence electrons. The average Bonchev–Trinajstić information content (AvgIpc) is 2.49. The summed E-state index contributed by atoms with van der Waals surface area (Å²) in [6.45, 7) is 2.01. The van der Waals surface area contributed by atoms with E-state index in [-0.39, 0.29) is 5.78 Å². The number of hydrogen-bond donors (Lipinski definition) is 0. The highest BCUT2D eigenvalue weighted by Crippen LogP contribution is 2.37. The number of rotatable bonds is 5. The minimum atomic E-state index is -0.0414. The smallest absolute Gasteiger partial charge is 0.171 e. The van der Waals surface area contributed by atoms with Crippen molar-refractivity contribution in [2.24, 2.45) is 0 Å². The number of hydrogen-bond acceptors (Lipinski definition) is 3. The Morgan fingerprint density at radius 3 is 2.29 bits per heavy atom. The molecule has 0 heterocycles. The van der Waals surface area contributed by atoms with Gasteiger partial charge in [0.1, 0.15) is 10.8 Å². The second-order valence-corrected chi connectivity index (χ2v) is 5.13. The van der Waals surface area contributed by atoms with Gasteiger partial charge in [-0.15, -0.1) is 0 Å². The monoisotopic (exact) mass is 304 g/mol. The molecule has 0 bridgehead atoms. The van der Waals surface area contributed by atoms with Gasteiger partial charge in [-0.05, 0) is 24.6 Å². The minimum Gasteiger partial charge on any atom is -0.495 e. The van der Waals surface area contributed by atoms with Crippen LogP contribution in [0.25, 0.3) is 0 Å². The number of ketones is 1. The Hall–Kier alpha value is -2.00. The number of methoxy groups -OCH3 is 2. The fourth-order valence-corrected chi connectivity index (χ4v) is 2.42. The van der Waals surface area contributed by atoms with Crippen molar-refractivity contribution < 1.29 is 14.3 Å². The summed E-state index contributed by atoms with van der Waals surface area (Å²) in [6.07, 6.45) is 0.305. The standard InChI is InChI=1S/C17H17ClO3/c1-11-4-6-12(7-5-11)10-14(19)13-8-9-15(20-2)16(18)17(13)21-3/h4-9H,10H2,1-3H3. The SMILES string of the molecule is COc1ccc(C(=O)Cc2ccc(C)cc2)c(OC)c1Cl. The Balaban J connectivity index is 2.30. The minimum absolute atomic E-state index is 0.0414. The molecule has 0 radical (unpaired) electrons. The molecule has 0 unspecified atom stereocenters. The maximum atomic E-state index is 12.5. The largest absolute Gasteiger partial charge is 0.495 e. The maximum absolute atomic E-state index is 12.5. The van der Waals surface area contributed by atoms with Crippen molar-refractivity contribution in [1.82, 2.24) is 0 Å². The van der Waals surface area contributed by atoms with Crippen molar-refractivity contribution in [1.29, 1.82) is 0 Å². The predicted octanol–water partition coefficient (Wildman–Crippen LogP) is 4.09. The molecule has 2 aromatic carbocycles. The Labute approximate surface area is 129 Å². The van der Waals surface area contributed by atoms with E-state index in [1.165, 1.54) is 14.2 Å². The lowest BCUT2D eigenvalue weighted by atomic mass is 10.0. The Kier molecular flexibility index (Phi) is 4.86. The first-order chi connectivity index (χ1) is 10.1. The van der Waals surface area contributed by atoms with Crippen LogP contribution in [0, 0.1) is 6.92 Å². The van der Waals surface area contributed by atoms with Crippen LogP contribution in [-0.2, 0) is 6.42 Å². The van der Waals surface area contributed by atoms with Crippen molar-refractivity contribution in [2.45, 2.75) is 13.3 Å². The fraction of sp³-hybridized carbons (Fsp3) is 0.235. The molecule has 4 heteroatoms. The van der Waals surface area contributed by atoms with Crippen LogP contribution in [0.3, 0.4) is 0 Å². The third kappa shape index (κ3) is 3.37. The highest BCUT2D eigenvalue weighted by molar-refractivity contribution is 6.34. The molecule has 0 saturated heterocycles. The second kappa shape index (κ2) is 6.64. The van der Waals surface area contributed by atoms with Gasteiger partial charge in [-0.1, -0.05) is 41.4 Å². The first-order valence-electron chi connectivity index (χ1n) is 6.56. The van der Waals surface area contributed by atoms with E-state index in [1.807, 2.05) is 31.2 Å². The number of aryl methyl sites for hydroxylation is 1. The van der Waals surface area contributed by atoms with E-state index in [0.717, 1.165) is 11.1 Å². The fourth-order valence-electron chi connectivity index (χ4n) is 2.10. The quantitative estimate of drug-likeness (QED) is 0.780. The first-order valence-corrected chi connectivity index (χ1v) is 6.93. The lowest BCUT2D eigenvalue weighted by Crippen LogP contribution is -2.06. The van der Waals surface area contributed by atoms with Gasteiger partial charge in [-0.2, -0.15) is 0 Å². The molecule has 0 aromatic heterocycles. The lowest BCUT2D eigenvalue weighted by molar-refractivity contribution is 0.0990. The molecular weight excluding hydrogens is 288 g/mol. The summed E-state index contributed by atoms with van der Waals surface area (Å²) in [5, 5.41) is 0.315. The lowest BCUT2D eigenvalue weighted by Gasteiger charge is -2.12. The molecule has 0 aliphatic heterocycles. The summed E-state index contributed by atoms with van der Waals surface area (Å²) in [5.41, 5.74) is 2.58. The number of ether oxygens (including phenoxy) is 2. The predicted molar refractivity (Wildman–Crippen MR) is 83.8 cm³/mol. The summed E-state index contributed by atoms with van der Waals surface area (Å²) in [6, 6.07) is 11.2. The van der Waals surface area contributed by atoms with Gasteiger partial charge in [0.15, 0.2) is 11.5 Å². The van der Waals surface area contributed by atoms with E-state index in [9.17, 15) is 4.79 Å². The van der Waals surface area contributed by atoms with Gasteiger partial charge >= 0.3 is 0 Å². The molecule has 0 atom stereocenters. The van der Waals surface area contributed by atoms with Crippen LogP contribution in [0.1, 0.15) is 21.5 Å². The number of carbonyl (C=O) groups is 1. The number of Topliss-reactive ketones (excluding diaryl/α,β-unsaturated/α-hetero) is 1. The maximum Gasteiger partial charge on any atom is 0.171 e. The van der Waals surface area contributed by atoms with Crippen LogP contribution in [0.4, 0.5) is 0 Å². The topological polar surface area (TPSA) is 35.5 Å². The summed E-state index contributed by atoms with van der Waals surface area (Å²) >= 11 is 6.18. The first kappa shape index (κ1) is 15.4. The van der Waals surface area contributed by atoms with Gasteiger partial charge in [0, 0.05) is 6.42 Å². The van der Waals surface area contributed by atoms with E-state index in [2.05, 4.69) is 0 Å². The molecule has 3 nitrogen and oxygen atoms in total. The zero-order valence-electron chi connectivity index (χ0n) is 12.3. The molecule has 0 spiro atoms. The summed E-state index contributed by atoms with van der Waals surface area (Å²) < 4.78 is 10.4. The molecule has 2 rings (SSSR count). The molecular formula is C17H17ClO3. The molecule has 0 saturated carbocycles. The van der Waals surface area contributed by atoms with Gasteiger partial charge in [0.2, 0.25) is 0 Å². The second-order valence-electron chi connectivity index (χ2n) is 4.75. The molecule has 21 heavy (non-hydrogen) atoms. The van der Waals surface area contributed by atoms with E-state index in [4.69, 9.17) is 21.1 Å². The highest BCUT2D eigenvalue weighted by atomic mass is 35.5. The highest BCUT2D eigenvalue weighted by Gasteiger charge is 2.18. The van der Waals surface area contributed by atoms with Crippen molar-refractivity contribution in [3.05, 3.63) is 58.1 Å². The van der Waals surface area contributed by atoms with Crippen LogP contribution in [0.5, 0.6) is 11.5 Å². The molecule has 0 fully saturated rings. The summed E-state index contributed by atoms with van der Waals surface area (Å²) in [4.78, 5) is 12.5. The number of benzene rings is 2. The van der Waals surface area contributed by atoms with Crippen molar-refractivity contribution >= 4 is 17.4 Å². The molecule has 0 aliphatic carbocycles. The molecule has 0 aliphatic rings. The van der Waals surface area contributed by atoms with Crippen molar-refractivity contribution in [2.75, 3.05) is 14.2 Å². The van der Waals surface area contributed by atoms with E-state index in [0.29, 0.717) is 28.5 Å². The number of halogens is 1. The van der Waals surface area contributed by atoms with Gasteiger partial charge in [0.05, 0.1) is 19.8 Å². The number of carbonyl (C=O) groups excluding carboxylic acids is 1. The van der Waals surface area contributed by atoms with Gasteiger partial charge in [0.25, 0.3) is 0 Å². The van der Waals surface area contributed by atoms with E-state index < -0.39 is 0 Å². The Morgan fingerprint density at radius 2 is 1.71 bits per heavy atom. The summed E-state index contributed by atoms with van der Waals surface area (Å²) in [5.74, 6) is 0.800. The Bertz CT molecular complexity index is 648. The van der Waals surface area contributed by atoms with Gasteiger partial charge in [-0.25, -0.2) is 0 Å². The van der Waals surface area contributed by atoms with E-state index >= 15 is 0 Å².